The standard InChI is InChI=1S/C20H23NO2.ClH/c1-3-7-21-8-6-14-9-12(2)10-15-18(14)16(21)11-13-4-5-17(22)20(23)19(13)15;/h4-5,9-10,16,22-23H,3,6-8,11H2,1-2H3;1H/t16-;/m1./s1. The first kappa shape index (κ1) is 17.1. The zero-order valence-corrected chi connectivity index (χ0v) is 15.0. The van der Waals surface area contributed by atoms with E-state index < -0.39 is 0 Å². The molecule has 0 fully saturated rings. The van der Waals surface area contributed by atoms with E-state index in [4.69, 9.17) is 0 Å². The molecule has 1 aliphatic heterocycles. The Bertz CT molecular complexity index is 788. The Hall–Kier alpha value is -1.71. The molecule has 4 rings (SSSR count). The maximum atomic E-state index is 10.5. The van der Waals surface area contributed by atoms with Gasteiger partial charge in [0.25, 0.3) is 0 Å². The summed E-state index contributed by atoms with van der Waals surface area (Å²) in [5.74, 6) is 0.0000415. The van der Waals surface area contributed by atoms with E-state index in [1.54, 1.807) is 6.07 Å². The first-order valence-corrected chi connectivity index (χ1v) is 8.51. The van der Waals surface area contributed by atoms with E-state index in [1.807, 2.05) is 6.07 Å². The summed E-state index contributed by atoms with van der Waals surface area (Å²) >= 11 is 0. The van der Waals surface area contributed by atoms with Gasteiger partial charge in [0.15, 0.2) is 11.5 Å². The Morgan fingerprint density at radius 2 is 1.96 bits per heavy atom. The molecule has 128 valence electrons. The Labute approximate surface area is 149 Å². The molecule has 24 heavy (non-hydrogen) atoms. The van der Waals surface area contributed by atoms with Gasteiger partial charge in [0, 0.05) is 18.2 Å². The molecule has 0 bridgehead atoms. The number of benzene rings is 2. The summed E-state index contributed by atoms with van der Waals surface area (Å²) in [7, 11) is 0. The minimum Gasteiger partial charge on any atom is -0.504 e. The molecule has 2 N–H and O–H groups in total. The third-order valence-electron chi connectivity index (χ3n) is 5.29. The highest BCUT2D eigenvalue weighted by Crippen LogP contribution is 2.50. The lowest BCUT2D eigenvalue weighted by molar-refractivity contribution is 0.183. The van der Waals surface area contributed by atoms with Crippen LogP contribution in [0, 0.1) is 6.92 Å². The van der Waals surface area contributed by atoms with Crippen LogP contribution in [0.4, 0.5) is 0 Å². The molecule has 1 heterocycles. The summed E-state index contributed by atoms with van der Waals surface area (Å²) in [5, 5.41) is 20.4. The van der Waals surface area contributed by atoms with Gasteiger partial charge in [0.1, 0.15) is 0 Å². The molecule has 0 saturated carbocycles. The number of rotatable bonds is 2. The third kappa shape index (κ3) is 2.47. The third-order valence-corrected chi connectivity index (χ3v) is 5.29. The number of fused-ring (bicyclic) bond motifs is 2. The second-order valence-electron chi connectivity index (χ2n) is 6.86. The van der Waals surface area contributed by atoms with Crippen LogP contribution in [-0.2, 0) is 12.8 Å². The fourth-order valence-electron chi connectivity index (χ4n) is 4.37. The molecule has 2 aromatic carbocycles. The van der Waals surface area contributed by atoms with E-state index in [2.05, 4.69) is 30.9 Å². The van der Waals surface area contributed by atoms with E-state index in [9.17, 15) is 10.2 Å². The maximum Gasteiger partial charge on any atom is 0.165 e. The summed E-state index contributed by atoms with van der Waals surface area (Å²) in [6, 6.07) is 8.43. The number of hydrogen-bond acceptors (Lipinski definition) is 3. The van der Waals surface area contributed by atoms with Crippen LogP contribution in [0.3, 0.4) is 0 Å². The van der Waals surface area contributed by atoms with Crippen molar-refractivity contribution in [2.75, 3.05) is 13.1 Å². The van der Waals surface area contributed by atoms with Crippen molar-refractivity contribution in [2.24, 2.45) is 0 Å². The average molecular weight is 346 g/mol. The van der Waals surface area contributed by atoms with E-state index >= 15 is 0 Å². The van der Waals surface area contributed by atoms with Crippen LogP contribution in [0.2, 0.25) is 0 Å². The van der Waals surface area contributed by atoms with Crippen molar-refractivity contribution in [2.45, 2.75) is 39.2 Å². The van der Waals surface area contributed by atoms with Crippen molar-refractivity contribution >= 4 is 12.4 Å². The van der Waals surface area contributed by atoms with Gasteiger partial charge < -0.3 is 10.2 Å². The number of aryl methyl sites for hydroxylation is 1. The first-order chi connectivity index (χ1) is 11.1. The number of halogens is 1. The van der Waals surface area contributed by atoms with Gasteiger partial charge in [-0.05, 0) is 61.1 Å². The SMILES string of the molecule is CCCN1CCc2cc(C)cc3c2[C@H]1Cc1ccc(O)c(O)c1-3.Cl. The molecule has 1 atom stereocenters. The summed E-state index contributed by atoms with van der Waals surface area (Å²) in [4.78, 5) is 2.58. The molecule has 3 nitrogen and oxygen atoms in total. The van der Waals surface area contributed by atoms with Gasteiger partial charge in [-0.15, -0.1) is 12.4 Å². The molecular weight excluding hydrogens is 322 g/mol. The Morgan fingerprint density at radius 1 is 1.17 bits per heavy atom. The van der Waals surface area contributed by atoms with E-state index in [0.717, 1.165) is 49.0 Å². The fraction of sp³-hybridized carbons (Fsp3) is 0.400. The maximum absolute atomic E-state index is 10.5. The number of nitrogens with zero attached hydrogens (tertiary/aromatic N) is 1. The van der Waals surface area contributed by atoms with Crippen molar-refractivity contribution in [3.63, 3.8) is 0 Å². The molecule has 1 aliphatic carbocycles. The molecule has 0 unspecified atom stereocenters. The van der Waals surface area contributed by atoms with Gasteiger partial charge in [-0.25, -0.2) is 0 Å². The number of hydrogen-bond donors (Lipinski definition) is 2. The molecule has 0 amide bonds. The zero-order chi connectivity index (χ0) is 16.1. The van der Waals surface area contributed by atoms with Crippen molar-refractivity contribution in [1.82, 2.24) is 4.90 Å². The monoisotopic (exact) mass is 345 g/mol. The average Bonchev–Trinajstić information content (AvgIpc) is 2.53. The zero-order valence-electron chi connectivity index (χ0n) is 14.2. The smallest absolute Gasteiger partial charge is 0.165 e. The fourth-order valence-corrected chi connectivity index (χ4v) is 4.37. The van der Waals surface area contributed by atoms with Gasteiger partial charge in [0.2, 0.25) is 0 Å². The first-order valence-electron chi connectivity index (χ1n) is 8.51. The lowest BCUT2D eigenvalue weighted by Crippen LogP contribution is -2.38. The molecule has 0 aromatic heterocycles. The molecular formula is C20H24ClNO2. The molecule has 4 heteroatoms. The van der Waals surface area contributed by atoms with Gasteiger partial charge in [-0.1, -0.05) is 30.7 Å². The van der Waals surface area contributed by atoms with Gasteiger partial charge in [-0.2, -0.15) is 0 Å². The molecule has 0 spiro atoms. The highest BCUT2D eigenvalue weighted by atomic mass is 35.5. The van der Waals surface area contributed by atoms with E-state index in [0.29, 0.717) is 6.04 Å². The van der Waals surface area contributed by atoms with Crippen LogP contribution in [-0.4, -0.2) is 28.2 Å². The topological polar surface area (TPSA) is 43.7 Å². The van der Waals surface area contributed by atoms with E-state index in [-0.39, 0.29) is 23.9 Å². The lowest BCUT2D eigenvalue weighted by atomic mass is 9.76. The van der Waals surface area contributed by atoms with Crippen molar-refractivity contribution in [3.8, 4) is 22.6 Å². The normalized spacial score (nSPS) is 18.5. The number of phenolic OH excluding ortho intramolecular Hbond substituents is 2. The molecule has 2 aliphatic rings. The summed E-state index contributed by atoms with van der Waals surface area (Å²) in [6.45, 7) is 6.55. The molecule has 0 radical (unpaired) electrons. The number of phenols is 2. The van der Waals surface area contributed by atoms with Crippen LogP contribution in [0.1, 0.15) is 41.6 Å². The quantitative estimate of drug-likeness (QED) is 0.795. The van der Waals surface area contributed by atoms with Gasteiger partial charge in [-0.3, -0.25) is 4.90 Å². The second-order valence-corrected chi connectivity index (χ2v) is 6.86. The summed E-state index contributed by atoms with van der Waals surface area (Å²) < 4.78 is 0. The van der Waals surface area contributed by atoms with Crippen LogP contribution in [0.15, 0.2) is 24.3 Å². The Balaban J connectivity index is 0.00000169. The van der Waals surface area contributed by atoms with Crippen molar-refractivity contribution < 1.29 is 10.2 Å². The second kappa shape index (κ2) is 6.30. The highest BCUT2D eigenvalue weighted by Gasteiger charge is 2.35. The van der Waals surface area contributed by atoms with Crippen LogP contribution < -0.4 is 0 Å². The van der Waals surface area contributed by atoms with Crippen LogP contribution in [0.25, 0.3) is 11.1 Å². The van der Waals surface area contributed by atoms with Crippen molar-refractivity contribution in [1.29, 1.82) is 0 Å². The minimum atomic E-state index is -0.0290. The van der Waals surface area contributed by atoms with Crippen LogP contribution >= 0.6 is 12.4 Å². The van der Waals surface area contributed by atoms with E-state index in [1.165, 1.54) is 16.7 Å². The minimum absolute atomic E-state index is 0. The molecule has 2 aromatic rings. The summed E-state index contributed by atoms with van der Waals surface area (Å²) in [5.41, 5.74) is 7.07. The Morgan fingerprint density at radius 3 is 2.71 bits per heavy atom. The Kier molecular flexibility index (Phi) is 4.50. The predicted molar refractivity (Wildman–Crippen MR) is 99.2 cm³/mol. The molecule has 0 saturated heterocycles. The van der Waals surface area contributed by atoms with Crippen molar-refractivity contribution in [3.05, 3.63) is 46.5 Å². The summed E-state index contributed by atoms with van der Waals surface area (Å²) in [6.07, 6.45) is 3.13. The predicted octanol–water partition coefficient (Wildman–Crippen LogP) is 4.36. The number of aromatic hydroxyl groups is 2. The largest absolute Gasteiger partial charge is 0.504 e. The lowest BCUT2D eigenvalue weighted by Gasteiger charge is -2.42. The van der Waals surface area contributed by atoms with Gasteiger partial charge >= 0.3 is 0 Å². The highest BCUT2D eigenvalue weighted by molar-refractivity contribution is 5.85. The van der Waals surface area contributed by atoms with Crippen LogP contribution in [0.5, 0.6) is 11.5 Å². The van der Waals surface area contributed by atoms with Gasteiger partial charge in [0.05, 0.1) is 0 Å².